The van der Waals surface area contributed by atoms with E-state index in [1.165, 1.54) is 0 Å². The Morgan fingerprint density at radius 3 is 2.68 bits per heavy atom. The summed E-state index contributed by atoms with van der Waals surface area (Å²) >= 11 is 3.37. The number of H-pyrrole nitrogens is 1. The molecule has 0 atom stereocenters. The molecule has 1 aromatic carbocycles. The normalized spacial score (nSPS) is 11.7. The highest BCUT2D eigenvalue weighted by Crippen LogP contribution is 2.28. The fourth-order valence-electron chi connectivity index (χ4n) is 1.90. The lowest BCUT2D eigenvalue weighted by Gasteiger charge is -2.17. The first-order valence-electron chi connectivity index (χ1n) is 5.84. The molecule has 0 aliphatic carbocycles. The molecule has 0 unspecified atom stereocenters. The van der Waals surface area contributed by atoms with Crippen LogP contribution in [0.5, 0.6) is 0 Å². The number of carbonyl (C=O) groups is 2. The van der Waals surface area contributed by atoms with Crippen LogP contribution in [0.3, 0.4) is 0 Å². The van der Waals surface area contributed by atoms with E-state index in [4.69, 9.17) is 5.11 Å². The summed E-state index contributed by atoms with van der Waals surface area (Å²) in [7, 11) is 0. The van der Waals surface area contributed by atoms with Gasteiger partial charge in [-0.2, -0.15) is 0 Å². The summed E-state index contributed by atoms with van der Waals surface area (Å²) in [4.78, 5) is 26.4. The van der Waals surface area contributed by atoms with Crippen molar-refractivity contribution >= 4 is 38.6 Å². The Hall–Kier alpha value is -1.62. The Balaban J connectivity index is 2.37. The number of aliphatic carboxylic acids is 1. The minimum Gasteiger partial charge on any atom is -0.481 e. The van der Waals surface area contributed by atoms with Gasteiger partial charge in [0.25, 0.3) is 0 Å². The number of nitrogens with one attached hydrogen (secondary N) is 1. The summed E-state index contributed by atoms with van der Waals surface area (Å²) in [6.07, 6.45) is 1.61. The van der Waals surface area contributed by atoms with E-state index in [0.29, 0.717) is 5.56 Å². The van der Waals surface area contributed by atoms with Crippen molar-refractivity contribution in [2.24, 2.45) is 5.41 Å². The Bertz CT molecular complexity index is 658. The highest BCUT2D eigenvalue weighted by molar-refractivity contribution is 9.10. The predicted octanol–water partition coefficient (Wildman–Crippen LogP) is 3.61. The minimum atomic E-state index is -1.06. The van der Waals surface area contributed by atoms with Crippen molar-refractivity contribution < 1.29 is 14.7 Å². The molecule has 0 saturated heterocycles. The quantitative estimate of drug-likeness (QED) is 0.844. The Labute approximate surface area is 118 Å². The number of halogens is 1. The van der Waals surface area contributed by atoms with Crippen LogP contribution in [0.1, 0.15) is 30.6 Å². The van der Waals surface area contributed by atoms with E-state index >= 15 is 0 Å². The van der Waals surface area contributed by atoms with Crippen LogP contribution in [0, 0.1) is 5.41 Å². The predicted molar refractivity (Wildman–Crippen MR) is 76.4 cm³/mol. The molecule has 100 valence electrons. The Morgan fingerprint density at radius 1 is 1.37 bits per heavy atom. The largest absolute Gasteiger partial charge is 0.481 e. The van der Waals surface area contributed by atoms with Gasteiger partial charge in [0.05, 0.1) is 5.41 Å². The van der Waals surface area contributed by atoms with Crippen molar-refractivity contribution in [2.45, 2.75) is 20.3 Å². The van der Waals surface area contributed by atoms with Crippen LogP contribution in [-0.4, -0.2) is 21.8 Å². The number of hydrogen-bond acceptors (Lipinski definition) is 2. The highest BCUT2D eigenvalue weighted by Gasteiger charge is 2.31. The maximum atomic E-state index is 12.3. The van der Waals surface area contributed by atoms with Gasteiger partial charge in [0.15, 0.2) is 5.78 Å². The van der Waals surface area contributed by atoms with Gasteiger partial charge in [0.1, 0.15) is 0 Å². The molecule has 0 bridgehead atoms. The van der Waals surface area contributed by atoms with Gasteiger partial charge < -0.3 is 10.1 Å². The summed E-state index contributed by atoms with van der Waals surface area (Å²) in [6.45, 7) is 3.11. The van der Waals surface area contributed by atoms with E-state index < -0.39 is 11.4 Å². The summed E-state index contributed by atoms with van der Waals surface area (Å²) in [5, 5.41) is 9.88. The van der Waals surface area contributed by atoms with Crippen LogP contribution in [0.15, 0.2) is 28.9 Å². The molecule has 2 aromatic rings. The molecule has 0 fully saturated rings. The fraction of sp³-hybridized carbons (Fsp3) is 0.286. The number of carbonyl (C=O) groups excluding carboxylic acids is 1. The summed E-state index contributed by atoms with van der Waals surface area (Å²) in [6, 6.07) is 5.61. The minimum absolute atomic E-state index is 0.0260. The van der Waals surface area contributed by atoms with E-state index in [1.807, 2.05) is 18.2 Å². The molecule has 2 rings (SSSR count). The monoisotopic (exact) mass is 323 g/mol. The van der Waals surface area contributed by atoms with Gasteiger partial charge in [0, 0.05) is 33.6 Å². The Kier molecular flexibility index (Phi) is 3.49. The number of ketones is 1. The molecule has 4 nitrogen and oxygen atoms in total. The third-order valence-corrected chi connectivity index (χ3v) is 3.62. The number of aromatic nitrogens is 1. The summed E-state index contributed by atoms with van der Waals surface area (Å²) in [5.41, 5.74) is 0.331. The van der Waals surface area contributed by atoms with Crippen LogP contribution in [0.2, 0.25) is 0 Å². The van der Waals surface area contributed by atoms with Crippen molar-refractivity contribution in [3.05, 3.63) is 34.4 Å². The molecule has 0 amide bonds. The SMILES string of the molecule is CC(C)(CC(=O)c1c[nH]c2ccc(Br)cc12)C(=O)O. The second-order valence-electron chi connectivity index (χ2n) is 5.18. The molecule has 2 N–H and O–H groups in total. The van der Waals surface area contributed by atoms with Gasteiger partial charge in [-0.3, -0.25) is 9.59 Å². The van der Waals surface area contributed by atoms with E-state index in [0.717, 1.165) is 15.4 Å². The second kappa shape index (κ2) is 4.81. The number of aromatic amines is 1. The molecule has 0 aliphatic heterocycles. The molecule has 19 heavy (non-hydrogen) atoms. The smallest absolute Gasteiger partial charge is 0.309 e. The maximum absolute atomic E-state index is 12.3. The van der Waals surface area contributed by atoms with Crippen LogP contribution >= 0.6 is 15.9 Å². The van der Waals surface area contributed by atoms with Crippen LogP contribution in [-0.2, 0) is 4.79 Å². The molecular weight excluding hydrogens is 310 g/mol. The number of rotatable bonds is 4. The molecule has 0 spiro atoms. The molecule has 1 aromatic heterocycles. The Morgan fingerprint density at radius 2 is 2.05 bits per heavy atom. The van der Waals surface area contributed by atoms with Crippen molar-refractivity contribution in [3.8, 4) is 0 Å². The van der Waals surface area contributed by atoms with Crippen LogP contribution in [0.4, 0.5) is 0 Å². The zero-order chi connectivity index (χ0) is 14.2. The van der Waals surface area contributed by atoms with E-state index in [-0.39, 0.29) is 12.2 Å². The van der Waals surface area contributed by atoms with Crippen molar-refractivity contribution in [2.75, 3.05) is 0 Å². The lowest BCUT2D eigenvalue weighted by atomic mass is 9.85. The first-order valence-corrected chi connectivity index (χ1v) is 6.64. The van der Waals surface area contributed by atoms with Gasteiger partial charge in [-0.1, -0.05) is 15.9 Å². The zero-order valence-corrected chi connectivity index (χ0v) is 12.2. The lowest BCUT2D eigenvalue weighted by Crippen LogP contribution is -2.26. The molecular formula is C14H14BrNO3. The van der Waals surface area contributed by atoms with E-state index in [2.05, 4.69) is 20.9 Å². The number of Topliss-reactive ketones (excluding diaryl/α,β-unsaturated/α-hetero) is 1. The summed E-state index contributed by atoms with van der Waals surface area (Å²) < 4.78 is 0.881. The third kappa shape index (κ3) is 2.71. The molecule has 0 aliphatic rings. The fourth-order valence-corrected chi connectivity index (χ4v) is 2.26. The number of fused-ring (bicyclic) bond motifs is 1. The number of carboxylic acids is 1. The first kappa shape index (κ1) is 13.8. The van der Waals surface area contributed by atoms with Gasteiger partial charge >= 0.3 is 5.97 Å². The van der Waals surface area contributed by atoms with Crippen LogP contribution < -0.4 is 0 Å². The average molecular weight is 324 g/mol. The molecule has 0 saturated carbocycles. The molecule has 5 heteroatoms. The average Bonchev–Trinajstić information content (AvgIpc) is 2.70. The zero-order valence-electron chi connectivity index (χ0n) is 10.7. The number of hydrogen-bond donors (Lipinski definition) is 2. The van der Waals surface area contributed by atoms with Gasteiger partial charge in [-0.25, -0.2) is 0 Å². The highest BCUT2D eigenvalue weighted by atomic mass is 79.9. The van der Waals surface area contributed by atoms with Crippen molar-refractivity contribution in [3.63, 3.8) is 0 Å². The van der Waals surface area contributed by atoms with Crippen molar-refractivity contribution in [1.82, 2.24) is 4.98 Å². The third-order valence-electron chi connectivity index (χ3n) is 3.13. The number of carboxylic acid groups (broad SMARTS) is 1. The van der Waals surface area contributed by atoms with E-state index in [9.17, 15) is 9.59 Å². The lowest BCUT2D eigenvalue weighted by molar-refractivity contribution is -0.146. The van der Waals surface area contributed by atoms with Gasteiger partial charge in [-0.05, 0) is 32.0 Å². The van der Waals surface area contributed by atoms with Crippen molar-refractivity contribution in [1.29, 1.82) is 0 Å². The standard InChI is InChI=1S/C14H14BrNO3/c1-14(2,13(18)19)6-12(17)10-7-16-11-4-3-8(15)5-9(10)11/h3-5,7,16H,6H2,1-2H3,(H,18,19). The van der Waals surface area contributed by atoms with Crippen LogP contribution in [0.25, 0.3) is 10.9 Å². The maximum Gasteiger partial charge on any atom is 0.309 e. The summed E-state index contributed by atoms with van der Waals surface area (Å²) in [5.74, 6) is -1.14. The molecule has 1 heterocycles. The van der Waals surface area contributed by atoms with Gasteiger partial charge in [-0.15, -0.1) is 0 Å². The topological polar surface area (TPSA) is 70.2 Å². The molecule has 0 radical (unpaired) electrons. The second-order valence-corrected chi connectivity index (χ2v) is 6.10. The van der Waals surface area contributed by atoms with Gasteiger partial charge in [0.2, 0.25) is 0 Å². The number of benzene rings is 1. The van der Waals surface area contributed by atoms with E-state index in [1.54, 1.807) is 20.0 Å². The first-order chi connectivity index (χ1) is 8.81.